The van der Waals surface area contributed by atoms with Crippen LogP contribution in [0.5, 0.6) is 0 Å². The fourth-order valence-corrected chi connectivity index (χ4v) is 1.91. The summed E-state index contributed by atoms with van der Waals surface area (Å²) in [7, 11) is 0. The van der Waals surface area contributed by atoms with E-state index in [-0.39, 0.29) is 11.9 Å². The molecule has 0 aliphatic carbocycles. The summed E-state index contributed by atoms with van der Waals surface area (Å²) < 4.78 is 14.9. The van der Waals surface area contributed by atoms with Crippen molar-refractivity contribution in [3.8, 4) is 0 Å². The fraction of sp³-hybridized carbons (Fsp3) is 0.357. The van der Waals surface area contributed by atoms with Crippen molar-refractivity contribution in [1.82, 2.24) is 14.9 Å². The molecule has 1 aromatic heterocycles. The Morgan fingerprint density at radius 1 is 1.33 bits per heavy atom. The first-order valence-electron chi connectivity index (χ1n) is 6.13. The van der Waals surface area contributed by atoms with Crippen LogP contribution < -0.4 is 5.32 Å². The highest BCUT2D eigenvalue weighted by Gasteiger charge is 2.04. The second kappa shape index (κ2) is 5.78. The zero-order valence-corrected chi connectivity index (χ0v) is 10.7. The van der Waals surface area contributed by atoms with E-state index in [1.807, 2.05) is 25.3 Å². The predicted octanol–water partition coefficient (Wildman–Crippen LogP) is 2.68. The van der Waals surface area contributed by atoms with Crippen LogP contribution >= 0.6 is 0 Å². The minimum Gasteiger partial charge on any atom is -0.334 e. The number of rotatable bonds is 5. The molecule has 96 valence electrons. The van der Waals surface area contributed by atoms with Crippen molar-refractivity contribution in [2.45, 2.75) is 26.4 Å². The molecule has 0 aliphatic heterocycles. The van der Waals surface area contributed by atoms with Crippen LogP contribution in [0, 0.1) is 12.7 Å². The third-order valence-electron chi connectivity index (χ3n) is 3.10. The fourth-order valence-electron chi connectivity index (χ4n) is 1.91. The van der Waals surface area contributed by atoms with Gasteiger partial charge in [-0.05, 0) is 31.5 Å². The summed E-state index contributed by atoms with van der Waals surface area (Å²) in [6.07, 6.45) is 3.78. The zero-order valence-electron chi connectivity index (χ0n) is 10.7. The quantitative estimate of drug-likeness (QED) is 0.880. The lowest BCUT2D eigenvalue weighted by Gasteiger charge is -2.14. The molecule has 0 saturated heterocycles. The van der Waals surface area contributed by atoms with Gasteiger partial charge in [0.2, 0.25) is 0 Å². The van der Waals surface area contributed by atoms with E-state index in [9.17, 15) is 4.39 Å². The van der Waals surface area contributed by atoms with Crippen LogP contribution in [0.3, 0.4) is 0 Å². The van der Waals surface area contributed by atoms with E-state index in [0.717, 1.165) is 24.5 Å². The summed E-state index contributed by atoms with van der Waals surface area (Å²) in [5.74, 6) is 0.825. The molecule has 0 spiro atoms. The molecule has 1 N–H and O–H groups in total. The lowest BCUT2D eigenvalue weighted by Crippen LogP contribution is -2.23. The van der Waals surface area contributed by atoms with Gasteiger partial charge in [0, 0.05) is 31.5 Å². The molecule has 0 bridgehead atoms. The molecule has 0 aliphatic rings. The highest BCUT2D eigenvalue weighted by molar-refractivity contribution is 5.19. The van der Waals surface area contributed by atoms with Crippen LogP contribution in [-0.2, 0) is 6.54 Å². The Labute approximate surface area is 107 Å². The van der Waals surface area contributed by atoms with Gasteiger partial charge in [-0.25, -0.2) is 9.37 Å². The Morgan fingerprint density at radius 2 is 2.06 bits per heavy atom. The number of imidazole rings is 1. The number of hydrogen-bond acceptors (Lipinski definition) is 2. The molecule has 0 saturated carbocycles. The van der Waals surface area contributed by atoms with Crippen molar-refractivity contribution in [3.05, 3.63) is 53.9 Å². The molecule has 1 atom stereocenters. The normalized spacial score (nSPS) is 12.6. The van der Waals surface area contributed by atoms with E-state index < -0.39 is 0 Å². The maximum absolute atomic E-state index is 12.8. The molecular formula is C14H18FN3. The van der Waals surface area contributed by atoms with E-state index in [1.54, 1.807) is 6.20 Å². The Hall–Kier alpha value is -1.68. The van der Waals surface area contributed by atoms with E-state index in [4.69, 9.17) is 0 Å². The van der Waals surface area contributed by atoms with Crippen LogP contribution in [0.15, 0.2) is 36.7 Å². The van der Waals surface area contributed by atoms with E-state index in [2.05, 4.69) is 21.8 Å². The number of aryl methyl sites for hydroxylation is 1. The number of halogens is 1. The molecule has 0 unspecified atom stereocenters. The summed E-state index contributed by atoms with van der Waals surface area (Å²) in [5, 5.41) is 3.41. The SMILES string of the molecule is Cc1nccn1CCN[C@H](C)c1ccc(F)cc1. The molecular weight excluding hydrogens is 229 g/mol. The van der Waals surface area contributed by atoms with Crippen molar-refractivity contribution >= 4 is 0 Å². The third kappa shape index (κ3) is 3.17. The Morgan fingerprint density at radius 3 is 2.67 bits per heavy atom. The largest absolute Gasteiger partial charge is 0.334 e. The first-order valence-corrected chi connectivity index (χ1v) is 6.13. The Balaban J connectivity index is 1.83. The number of benzene rings is 1. The van der Waals surface area contributed by atoms with Gasteiger partial charge >= 0.3 is 0 Å². The van der Waals surface area contributed by atoms with Gasteiger partial charge in [0.1, 0.15) is 11.6 Å². The minimum absolute atomic E-state index is 0.194. The molecule has 3 nitrogen and oxygen atoms in total. The van der Waals surface area contributed by atoms with Crippen LogP contribution in [-0.4, -0.2) is 16.1 Å². The van der Waals surface area contributed by atoms with Gasteiger partial charge in [-0.2, -0.15) is 0 Å². The lowest BCUT2D eigenvalue weighted by atomic mass is 10.1. The summed E-state index contributed by atoms with van der Waals surface area (Å²) in [4.78, 5) is 4.18. The van der Waals surface area contributed by atoms with E-state index in [1.165, 1.54) is 12.1 Å². The summed E-state index contributed by atoms with van der Waals surface area (Å²) in [5.41, 5.74) is 1.10. The molecule has 1 heterocycles. The average molecular weight is 247 g/mol. The summed E-state index contributed by atoms with van der Waals surface area (Å²) in [6, 6.07) is 6.83. The van der Waals surface area contributed by atoms with Crippen molar-refractivity contribution in [2.75, 3.05) is 6.54 Å². The molecule has 2 rings (SSSR count). The smallest absolute Gasteiger partial charge is 0.123 e. The van der Waals surface area contributed by atoms with Gasteiger partial charge in [0.25, 0.3) is 0 Å². The Bertz CT molecular complexity index is 490. The monoisotopic (exact) mass is 247 g/mol. The van der Waals surface area contributed by atoms with Gasteiger partial charge in [-0.1, -0.05) is 12.1 Å². The summed E-state index contributed by atoms with van der Waals surface area (Å²) >= 11 is 0. The van der Waals surface area contributed by atoms with Gasteiger partial charge in [0.15, 0.2) is 0 Å². The van der Waals surface area contributed by atoms with Crippen molar-refractivity contribution in [2.24, 2.45) is 0 Å². The number of nitrogens with zero attached hydrogens (tertiary/aromatic N) is 2. The average Bonchev–Trinajstić information content (AvgIpc) is 2.76. The maximum Gasteiger partial charge on any atom is 0.123 e. The number of aromatic nitrogens is 2. The highest BCUT2D eigenvalue weighted by Crippen LogP contribution is 2.12. The molecule has 18 heavy (non-hydrogen) atoms. The zero-order chi connectivity index (χ0) is 13.0. The standard InChI is InChI=1S/C14H18FN3/c1-11(13-3-5-14(15)6-4-13)16-7-9-18-10-8-17-12(18)2/h3-6,8,10-11,16H,7,9H2,1-2H3/t11-/m1/s1. The molecule has 2 aromatic rings. The predicted molar refractivity (Wildman–Crippen MR) is 69.8 cm³/mol. The first kappa shape index (κ1) is 12.8. The van der Waals surface area contributed by atoms with Crippen molar-refractivity contribution in [3.63, 3.8) is 0 Å². The molecule has 0 amide bonds. The minimum atomic E-state index is -0.194. The maximum atomic E-state index is 12.8. The van der Waals surface area contributed by atoms with Crippen LogP contribution in [0.25, 0.3) is 0 Å². The van der Waals surface area contributed by atoms with E-state index in [0.29, 0.717) is 0 Å². The number of hydrogen-bond donors (Lipinski definition) is 1. The molecule has 4 heteroatoms. The van der Waals surface area contributed by atoms with Crippen molar-refractivity contribution < 1.29 is 4.39 Å². The van der Waals surface area contributed by atoms with Gasteiger partial charge in [-0.15, -0.1) is 0 Å². The van der Waals surface area contributed by atoms with E-state index >= 15 is 0 Å². The number of nitrogens with one attached hydrogen (secondary N) is 1. The van der Waals surface area contributed by atoms with Gasteiger partial charge in [-0.3, -0.25) is 0 Å². The lowest BCUT2D eigenvalue weighted by molar-refractivity contribution is 0.525. The van der Waals surface area contributed by atoms with Crippen molar-refractivity contribution in [1.29, 1.82) is 0 Å². The van der Waals surface area contributed by atoms with Crippen LogP contribution in [0.4, 0.5) is 4.39 Å². The van der Waals surface area contributed by atoms with Crippen LogP contribution in [0.1, 0.15) is 24.4 Å². The topological polar surface area (TPSA) is 29.9 Å². The molecule has 0 radical (unpaired) electrons. The molecule has 0 fully saturated rings. The van der Waals surface area contributed by atoms with Gasteiger partial charge in [0.05, 0.1) is 0 Å². The second-order valence-corrected chi connectivity index (χ2v) is 4.40. The first-order chi connectivity index (χ1) is 8.66. The third-order valence-corrected chi connectivity index (χ3v) is 3.10. The van der Waals surface area contributed by atoms with Crippen LogP contribution in [0.2, 0.25) is 0 Å². The van der Waals surface area contributed by atoms with Gasteiger partial charge < -0.3 is 9.88 Å². The highest BCUT2D eigenvalue weighted by atomic mass is 19.1. The Kier molecular flexibility index (Phi) is 4.10. The summed E-state index contributed by atoms with van der Waals surface area (Å²) in [6.45, 7) is 5.81. The second-order valence-electron chi connectivity index (χ2n) is 4.40. The molecule has 1 aromatic carbocycles.